The topological polar surface area (TPSA) is 89.8 Å². The van der Waals surface area contributed by atoms with Gasteiger partial charge in [-0.05, 0) is 12.0 Å². The lowest BCUT2D eigenvalue weighted by Crippen LogP contribution is -2.44. The highest BCUT2D eigenvalue weighted by atomic mass is 16.4. The van der Waals surface area contributed by atoms with Crippen molar-refractivity contribution in [3.05, 3.63) is 35.9 Å². The lowest BCUT2D eigenvalue weighted by Gasteiger charge is -2.27. The maximum absolute atomic E-state index is 10.9. The SMILES string of the molecule is CCC(CO)NC(CC(=O)O)C(O)c1ccccc1. The van der Waals surface area contributed by atoms with Gasteiger partial charge in [0.2, 0.25) is 0 Å². The average molecular weight is 267 g/mol. The summed E-state index contributed by atoms with van der Waals surface area (Å²) in [6.07, 6.45) is -0.460. The zero-order valence-electron chi connectivity index (χ0n) is 11.0. The molecule has 1 rings (SSSR count). The molecule has 4 N–H and O–H groups in total. The molecule has 0 heterocycles. The van der Waals surface area contributed by atoms with Gasteiger partial charge < -0.3 is 20.6 Å². The molecule has 0 fully saturated rings. The number of carboxylic acids is 1. The Kier molecular flexibility index (Phi) is 6.49. The van der Waals surface area contributed by atoms with Gasteiger partial charge in [-0.15, -0.1) is 0 Å². The van der Waals surface area contributed by atoms with Crippen molar-refractivity contribution in [3.63, 3.8) is 0 Å². The molecular formula is C14H21NO4. The van der Waals surface area contributed by atoms with Crippen molar-refractivity contribution in [2.24, 2.45) is 0 Å². The van der Waals surface area contributed by atoms with E-state index in [2.05, 4.69) is 5.32 Å². The molecule has 1 aromatic carbocycles. The molecule has 0 amide bonds. The van der Waals surface area contributed by atoms with Crippen LogP contribution in [0.3, 0.4) is 0 Å². The summed E-state index contributed by atoms with van der Waals surface area (Å²) in [7, 11) is 0. The van der Waals surface area contributed by atoms with Gasteiger partial charge in [-0.3, -0.25) is 4.79 Å². The van der Waals surface area contributed by atoms with Crippen LogP contribution in [-0.2, 0) is 4.79 Å². The van der Waals surface area contributed by atoms with Gasteiger partial charge >= 0.3 is 5.97 Å². The number of hydrogen-bond donors (Lipinski definition) is 4. The number of rotatable bonds is 8. The largest absolute Gasteiger partial charge is 0.481 e. The van der Waals surface area contributed by atoms with Crippen LogP contribution in [0, 0.1) is 0 Å². The third kappa shape index (κ3) is 4.98. The fourth-order valence-electron chi connectivity index (χ4n) is 1.93. The average Bonchev–Trinajstić information content (AvgIpc) is 2.43. The highest BCUT2D eigenvalue weighted by molar-refractivity contribution is 5.67. The molecule has 0 aliphatic rings. The van der Waals surface area contributed by atoms with Crippen LogP contribution < -0.4 is 5.32 Å². The first-order valence-corrected chi connectivity index (χ1v) is 6.40. The zero-order chi connectivity index (χ0) is 14.3. The molecule has 106 valence electrons. The minimum atomic E-state index is -0.986. The van der Waals surface area contributed by atoms with E-state index in [0.717, 1.165) is 0 Å². The van der Waals surface area contributed by atoms with Crippen LogP contribution in [0.5, 0.6) is 0 Å². The lowest BCUT2D eigenvalue weighted by molar-refractivity contribution is -0.138. The van der Waals surface area contributed by atoms with E-state index in [9.17, 15) is 9.90 Å². The fourth-order valence-corrected chi connectivity index (χ4v) is 1.93. The first-order valence-electron chi connectivity index (χ1n) is 6.40. The summed E-state index contributed by atoms with van der Waals surface area (Å²) in [5.74, 6) is -0.986. The van der Waals surface area contributed by atoms with Crippen molar-refractivity contribution in [2.45, 2.75) is 38.0 Å². The van der Waals surface area contributed by atoms with Crippen LogP contribution in [0.25, 0.3) is 0 Å². The number of benzene rings is 1. The van der Waals surface area contributed by atoms with E-state index in [4.69, 9.17) is 10.2 Å². The predicted molar refractivity (Wildman–Crippen MR) is 71.7 cm³/mol. The standard InChI is InChI=1S/C14H21NO4/c1-2-11(9-16)15-12(8-13(17)18)14(19)10-6-4-3-5-7-10/h3-7,11-12,14-16,19H,2,8-9H2,1H3,(H,17,18). The fraction of sp³-hybridized carbons (Fsp3) is 0.500. The van der Waals surface area contributed by atoms with Gasteiger partial charge in [-0.1, -0.05) is 37.3 Å². The molecule has 0 saturated heterocycles. The van der Waals surface area contributed by atoms with Crippen molar-refractivity contribution in [1.82, 2.24) is 5.32 Å². The molecule has 0 aromatic heterocycles. The van der Waals surface area contributed by atoms with Crippen LogP contribution in [-0.4, -0.2) is 40.0 Å². The van der Waals surface area contributed by atoms with E-state index in [-0.39, 0.29) is 19.1 Å². The number of aliphatic carboxylic acids is 1. The number of nitrogens with one attached hydrogen (secondary N) is 1. The van der Waals surface area contributed by atoms with Crippen molar-refractivity contribution in [2.75, 3.05) is 6.61 Å². The Morgan fingerprint density at radius 1 is 1.32 bits per heavy atom. The molecule has 5 nitrogen and oxygen atoms in total. The van der Waals surface area contributed by atoms with Crippen molar-refractivity contribution in [3.8, 4) is 0 Å². The second-order valence-corrected chi connectivity index (χ2v) is 4.51. The summed E-state index contributed by atoms with van der Waals surface area (Å²) in [6.45, 7) is 1.80. The maximum atomic E-state index is 10.9. The van der Waals surface area contributed by atoms with Gasteiger partial charge in [0.1, 0.15) is 0 Å². The van der Waals surface area contributed by atoms with E-state index < -0.39 is 18.1 Å². The first-order chi connectivity index (χ1) is 9.08. The molecule has 5 heteroatoms. The number of carbonyl (C=O) groups is 1. The first kappa shape index (κ1) is 15.6. The Labute approximate surface area is 112 Å². The minimum absolute atomic E-state index is 0.0892. The summed E-state index contributed by atoms with van der Waals surface area (Å²) >= 11 is 0. The van der Waals surface area contributed by atoms with Gasteiger partial charge in [0, 0.05) is 12.1 Å². The van der Waals surface area contributed by atoms with Gasteiger partial charge in [0.25, 0.3) is 0 Å². The van der Waals surface area contributed by atoms with Gasteiger partial charge in [-0.2, -0.15) is 0 Å². The Bertz CT molecular complexity index is 378. The zero-order valence-corrected chi connectivity index (χ0v) is 11.0. The Hall–Kier alpha value is -1.43. The maximum Gasteiger partial charge on any atom is 0.305 e. The normalized spacial score (nSPS) is 15.7. The second-order valence-electron chi connectivity index (χ2n) is 4.51. The van der Waals surface area contributed by atoms with Crippen molar-refractivity contribution < 1.29 is 20.1 Å². The molecule has 3 unspecified atom stereocenters. The Balaban J connectivity index is 2.80. The molecule has 0 saturated carbocycles. The van der Waals surface area contributed by atoms with Crippen molar-refractivity contribution in [1.29, 1.82) is 0 Å². The van der Waals surface area contributed by atoms with Gasteiger partial charge in [-0.25, -0.2) is 0 Å². The second kappa shape index (κ2) is 7.89. The van der Waals surface area contributed by atoms with E-state index in [0.29, 0.717) is 12.0 Å². The molecular weight excluding hydrogens is 246 g/mol. The highest BCUT2D eigenvalue weighted by Gasteiger charge is 2.25. The van der Waals surface area contributed by atoms with E-state index in [1.165, 1.54) is 0 Å². The number of hydrogen-bond acceptors (Lipinski definition) is 4. The van der Waals surface area contributed by atoms with Crippen LogP contribution in [0.2, 0.25) is 0 Å². The summed E-state index contributed by atoms with van der Waals surface area (Å²) < 4.78 is 0. The Morgan fingerprint density at radius 3 is 2.42 bits per heavy atom. The van der Waals surface area contributed by atoms with Gasteiger partial charge in [0.05, 0.1) is 19.1 Å². The molecule has 0 aliphatic carbocycles. The number of aliphatic hydroxyl groups excluding tert-OH is 2. The summed E-state index contributed by atoms with van der Waals surface area (Å²) in [5, 5.41) is 31.4. The van der Waals surface area contributed by atoms with Gasteiger partial charge in [0.15, 0.2) is 0 Å². The van der Waals surface area contributed by atoms with Crippen LogP contribution in [0.4, 0.5) is 0 Å². The van der Waals surface area contributed by atoms with E-state index in [1.807, 2.05) is 13.0 Å². The van der Waals surface area contributed by atoms with Crippen LogP contribution in [0.1, 0.15) is 31.4 Å². The third-order valence-electron chi connectivity index (χ3n) is 3.08. The molecule has 0 spiro atoms. The van der Waals surface area contributed by atoms with E-state index >= 15 is 0 Å². The molecule has 19 heavy (non-hydrogen) atoms. The molecule has 0 aliphatic heterocycles. The van der Waals surface area contributed by atoms with E-state index in [1.54, 1.807) is 24.3 Å². The Morgan fingerprint density at radius 2 is 1.95 bits per heavy atom. The smallest absolute Gasteiger partial charge is 0.305 e. The molecule has 3 atom stereocenters. The summed E-state index contributed by atoms with van der Waals surface area (Å²) in [5.41, 5.74) is 0.661. The summed E-state index contributed by atoms with van der Waals surface area (Å²) in [4.78, 5) is 10.9. The predicted octanol–water partition coefficient (Wildman–Crippen LogP) is 0.924. The summed E-state index contributed by atoms with van der Waals surface area (Å²) in [6, 6.07) is 8.07. The number of aliphatic hydroxyl groups is 2. The quantitative estimate of drug-likeness (QED) is 0.562. The third-order valence-corrected chi connectivity index (χ3v) is 3.08. The molecule has 0 bridgehead atoms. The highest BCUT2D eigenvalue weighted by Crippen LogP contribution is 2.19. The number of carboxylic acid groups (broad SMARTS) is 1. The van der Waals surface area contributed by atoms with Crippen LogP contribution in [0.15, 0.2) is 30.3 Å². The molecule has 1 aromatic rings. The van der Waals surface area contributed by atoms with Crippen molar-refractivity contribution >= 4 is 5.97 Å². The lowest BCUT2D eigenvalue weighted by atomic mass is 9.98. The van der Waals surface area contributed by atoms with Crippen LogP contribution >= 0.6 is 0 Å². The monoisotopic (exact) mass is 267 g/mol. The molecule has 0 radical (unpaired) electrons. The minimum Gasteiger partial charge on any atom is -0.481 e.